The first-order valence-electron chi connectivity index (χ1n) is 6.51. The van der Waals surface area contributed by atoms with Crippen molar-refractivity contribution < 1.29 is 28.0 Å². The highest BCUT2D eigenvalue weighted by atomic mass is 31.2. The summed E-state index contributed by atoms with van der Waals surface area (Å²) in [6.07, 6.45) is 4.51. The van der Waals surface area contributed by atoms with E-state index in [4.69, 9.17) is 18.7 Å². The minimum absolute atomic E-state index is 0.143. The first-order valence-corrected chi connectivity index (χ1v) is 7.97. The molecule has 0 amide bonds. The normalized spacial score (nSPS) is 16.4. The lowest BCUT2D eigenvalue weighted by molar-refractivity contribution is -0.131. The predicted molar refractivity (Wildman–Crippen MR) is 69.6 cm³/mol. The van der Waals surface area contributed by atoms with Gasteiger partial charge in [0.2, 0.25) is 0 Å². The fourth-order valence-corrected chi connectivity index (χ4v) is 2.83. The quantitative estimate of drug-likeness (QED) is 0.378. The molecule has 1 fully saturated rings. The molecule has 0 atom stereocenters. The van der Waals surface area contributed by atoms with Crippen molar-refractivity contribution in [3.05, 3.63) is 11.8 Å². The van der Waals surface area contributed by atoms with Gasteiger partial charge >= 0.3 is 13.8 Å². The third-order valence-corrected chi connectivity index (χ3v) is 4.19. The van der Waals surface area contributed by atoms with Crippen molar-refractivity contribution in [2.24, 2.45) is 5.92 Å². The third-order valence-electron chi connectivity index (χ3n) is 2.58. The number of rotatable bonds is 10. The van der Waals surface area contributed by atoms with Crippen LogP contribution in [0, 0.1) is 5.92 Å². The van der Waals surface area contributed by atoms with E-state index in [1.54, 1.807) is 13.8 Å². The fourth-order valence-electron chi connectivity index (χ4n) is 1.58. The Hall–Kier alpha value is -0.840. The fraction of sp³-hybridized carbons (Fsp3) is 0.750. The summed E-state index contributed by atoms with van der Waals surface area (Å²) in [4.78, 5) is 10.7. The minimum atomic E-state index is -3.70. The number of phosphoric ester groups is 1. The van der Waals surface area contributed by atoms with Gasteiger partial charge in [-0.2, -0.15) is 0 Å². The van der Waals surface area contributed by atoms with Crippen LogP contribution >= 0.6 is 7.82 Å². The molecule has 0 aromatic carbocycles. The van der Waals surface area contributed by atoms with Crippen LogP contribution < -0.4 is 0 Å². The number of allylic oxidation sites excluding steroid dienone is 1. The lowest BCUT2D eigenvalue weighted by Crippen LogP contribution is -2.03. The summed E-state index contributed by atoms with van der Waals surface area (Å²) in [6.45, 7) is 3.67. The van der Waals surface area contributed by atoms with Gasteiger partial charge in [-0.25, -0.2) is 9.36 Å². The highest BCUT2D eigenvalue weighted by molar-refractivity contribution is 7.48. The molecular formula is C12H21O6P. The first-order chi connectivity index (χ1) is 8.99. The summed E-state index contributed by atoms with van der Waals surface area (Å²) in [5, 5.41) is 8.79. The second kappa shape index (κ2) is 7.68. The molecule has 1 rings (SSSR count). The lowest BCUT2D eigenvalue weighted by atomic mass is 10.2. The maximum absolute atomic E-state index is 12.2. The Kier molecular flexibility index (Phi) is 6.55. The summed E-state index contributed by atoms with van der Waals surface area (Å²) in [5.41, 5.74) is 0. The molecule has 0 aromatic rings. The zero-order chi connectivity index (χ0) is 14.3. The Morgan fingerprint density at radius 3 is 2.32 bits per heavy atom. The Balaban J connectivity index is 2.66. The van der Waals surface area contributed by atoms with Gasteiger partial charge in [0, 0.05) is 6.42 Å². The van der Waals surface area contributed by atoms with Crippen molar-refractivity contribution in [2.45, 2.75) is 39.5 Å². The molecule has 6 nitrogen and oxygen atoms in total. The van der Waals surface area contributed by atoms with Gasteiger partial charge in [-0.15, -0.1) is 0 Å². The van der Waals surface area contributed by atoms with Crippen molar-refractivity contribution in [2.75, 3.05) is 13.2 Å². The summed E-state index contributed by atoms with van der Waals surface area (Å²) < 4.78 is 27.3. The Labute approximate surface area is 113 Å². The first kappa shape index (κ1) is 16.2. The van der Waals surface area contributed by atoms with Crippen LogP contribution in [-0.4, -0.2) is 24.3 Å². The van der Waals surface area contributed by atoms with Crippen molar-refractivity contribution in [1.82, 2.24) is 0 Å². The molecule has 0 saturated heterocycles. The van der Waals surface area contributed by atoms with E-state index in [1.807, 2.05) is 0 Å². The molecule has 1 saturated carbocycles. The summed E-state index contributed by atoms with van der Waals surface area (Å²) in [6, 6.07) is 0. The largest absolute Gasteiger partial charge is 0.529 e. The van der Waals surface area contributed by atoms with Crippen LogP contribution in [0.25, 0.3) is 0 Å². The van der Waals surface area contributed by atoms with Gasteiger partial charge in [-0.3, -0.25) is 9.05 Å². The molecule has 19 heavy (non-hydrogen) atoms. The van der Waals surface area contributed by atoms with Gasteiger partial charge in [-0.05, 0) is 26.2 Å². The van der Waals surface area contributed by atoms with Crippen LogP contribution in [-0.2, 0) is 22.9 Å². The molecule has 0 unspecified atom stereocenters. The predicted octanol–water partition coefficient (Wildman–Crippen LogP) is 3.34. The van der Waals surface area contributed by atoms with E-state index in [0.717, 1.165) is 25.3 Å². The summed E-state index contributed by atoms with van der Waals surface area (Å²) in [7, 11) is -3.70. The van der Waals surface area contributed by atoms with Crippen LogP contribution in [0.3, 0.4) is 0 Å². The summed E-state index contributed by atoms with van der Waals surface area (Å²) in [5.74, 6) is -0.366. The molecule has 0 bridgehead atoms. The van der Waals surface area contributed by atoms with Crippen LogP contribution in [0.5, 0.6) is 0 Å². The second-order valence-electron chi connectivity index (χ2n) is 4.30. The van der Waals surface area contributed by atoms with Gasteiger partial charge in [0.05, 0.1) is 19.3 Å². The van der Waals surface area contributed by atoms with E-state index in [9.17, 15) is 9.36 Å². The van der Waals surface area contributed by atoms with E-state index in [-0.39, 0.29) is 19.0 Å². The molecule has 0 radical (unpaired) electrons. The number of carboxylic acids is 1. The van der Waals surface area contributed by atoms with Crippen LogP contribution in [0.1, 0.15) is 39.5 Å². The van der Waals surface area contributed by atoms with Gasteiger partial charge in [-0.1, -0.05) is 12.8 Å². The standard InChI is InChI=1S/C12H21O6P/c1-3-16-19(15,17-4-2)18-11(9-12(13)14)8-7-10-5-6-10/h9-10H,3-8H2,1-2H3,(H,13,14). The van der Waals surface area contributed by atoms with E-state index < -0.39 is 13.8 Å². The number of phosphoric acid groups is 1. The minimum Gasteiger partial charge on any atom is -0.478 e. The lowest BCUT2D eigenvalue weighted by Gasteiger charge is -2.18. The monoisotopic (exact) mass is 292 g/mol. The van der Waals surface area contributed by atoms with E-state index in [2.05, 4.69) is 0 Å². The Bertz CT molecular complexity index is 364. The maximum atomic E-state index is 12.2. The Morgan fingerprint density at radius 2 is 1.89 bits per heavy atom. The maximum Gasteiger partial charge on any atom is 0.529 e. The topological polar surface area (TPSA) is 82.1 Å². The number of carboxylic acid groups (broad SMARTS) is 1. The van der Waals surface area contributed by atoms with E-state index in [0.29, 0.717) is 12.3 Å². The van der Waals surface area contributed by atoms with Crippen molar-refractivity contribution in [1.29, 1.82) is 0 Å². The molecule has 1 aliphatic carbocycles. The molecule has 1 aliphatic rings. The van der Waals surface area contributed by atoms with Gasteiger partial charge in [0.1, 0.15) is 5.76 Å². The van der Waals surface area contributed by atoms with Crippen molar-refractivity contribution in [3.63, 3.8) is 0 Å². The van der Waals surface area contributed by atoms with Gasteiger partial charge in [0.25, 0.3) is 0 Å². The van der Waals surface area contributed by atoms with Gasteiger partial charge < -0.3 is 9.63 Å². The average Bonchev–Trinajstić information content (AvgIpc) is 3.09. The number of carbonyl (C=O) groups is 1. The highest BCUT2D eigenvalue weighted by Gasteiger charge is 2.29. The highest BCUT2D eigenvalue weighted by Crippen LogP contribution is 2.52. The molecule has 0 heterocycles. The zero-order valence-electron chi connectivity index (χ0n) is 11.3. The number of aliphatic carboxylic acids is 1. The molecule has 0 aliphatic heterocycles. The second-order valence-corrected chi connectivity index (χ2v) is 5.90. The smallest absolute Gasteiger partial charge is 0.478 e. The van der Waals surface area contributed by atoms with E-state index >= 15 is 0 Å². The van der Waals surface area contributed by atoms with Crippen molar-refractivity contribution in [3.8, 4) is 0 Å². The third kappa shape index (κ3) is 6.76. The number of hydrogen-bond acceptors (Lipinski definition) is 5. The van der Waals surface area contributed by atoms with Crippen LogP contribution in [0.15, 0.2) is 11.8 Å². The SMILES string of the molecule is CCOP(=O)(OCC)OC(=CC(=O)O)CCC1CC1. The number of hydrogen-bond donors (Lipinski definition) is 1. The van der Waals surface area contributed by atoms with Crippen LogP contribution in [0.2, 0.25) is 0 Å². The van der Waals surface area contributed by atoms with Crippen molar-refractivity contribution >= 4 is 13.8 Å². The van der Waals surface area contributed by atoms with Gasteiger partial charge in [0.15, 0.2) is 0 Å². The molecule has 7 heteroatoms. The zero-order valence-corrected chi connectivity index (χ0v) is 12.2. The van der Waals surface area contributed by atoms with Crippen LogP contribution in [0.4, 0.5) is 0 Å². The summed E-state index contributed by atoms with van der Waals surface area (Å²) >= 11 is 0. The molecule has 110 valence electrons. The Morgan fingerprint density at radius 1 is 1.32 bits per heavy atom. The molecule has 1 N–H and O–H groups in total. The van der Waals surface area contributed by atoms with E-state index in [1.165, 1.54) is 0 Å². The average molecular weight is 292 g/mol. The molecule has 0 aromatic heterocycles. The molecular weight excluding hydrogens is 271 g/mol. The molecule has 0 spiro atoms.